The van der Waals surface area contributed by atoms with Crippen molar-refractivity contribution in [3.8, 4) is 0 Å². The van der Waals surface area contributed by atoms with Gasteiger partial charge in [-0.3, -0.25) is 0 Å². The summed E-state index contributed by atoms with van der Waals surface area (Å²) in [6.07, 6.45) is 1.34. The number of nitrogens with zero attached hydrogens (tertiary/aromatic N) is 1. The first-order valence-corrected chi connectivity index (χ1v) is 5.48. The predicted molar refractivity (Wildman–Crippen MR) is 50.2 cm³/mol. The minimum absolute atomic E-state index is 0.484. The molecule has 0 saturated carbocycles. The molecule has 0 aromatic carbocycles. The molecule has 0 amide bonds. The summed E-state index contributed by atoms with van der Waals surface area (Å²) in [4.78, 5) is 2.43. The van der Waals surface area contributed by atoms with E-state index in [1.54, 1.807) is 0 Å². The molecule has 1 spiro atoms. The summed E-state index contributed by atoms with van der Waals surface area (Å²) in [6, 6.07) is 0. The average molecular weight is 172 g/mol. The Morgan fingerprint density at radius 3 is 3.00 bits per heavy atom. The molecular formula is C8H16N2S. The van der Waals surface area contributed by atoms with Gasteiger partial charge in [0.15, 0.2) is 0 Å². The Labute approximate surface area is 72.7 Å². The molecule has 1 N–H and O–H groups in total. The van der Waals surface area contributed by atoms with Crippen LogP contribution in [-0.4, -0.2) is 48.6 Å². The van der Waals surface area contributed by atoms with Gasteiger partial charge < -0.3 is 10.2 Å². The highest BCUT2D eigenvalue weighted by atomic mass is 32.2. The number of nitrogens with one attached hydrogen (secondary N) is 1. The van der Waals surface area contributed by atoms with Crippen LogP contribution in [0.3, 0.4) is 0 Å². The molecule has 0 aromatic rings. The highest BCUT2D eigenvalue weighted by Gasteiger charge is 2.37. The molecule has 0 bridgehead atoms. The maximum Gasteiger partial charge on any atom is 0.0412 e. The molecule has 2 heterocycles. The zero-order chi connectivity index (χ0) is 7.73. The Morgan fingerprint density at radius 1 is 1.55 bits per heavy atom. The van der Waals surface area contributed by atoms with Crippen LogP contribution in [0.25, 0.3) is 0 Å². The van der Waals surface area contributed by atoms with Crippen LogP contribution in [0, 0.1) is 0 Å². The van der Waals surface area contributed by atoms with Crippen LogP contribution in [0.1, 0.15) is 6.42 Å². The van der Waals surface area contributed by atoms with Crippen molar-refractivity contribution in [2.75, 3.05) is 38.2 Å². The Balaban J connectivity index is 1.98. The molecule has 2 fully saturated rings. The molecular weight excluding hydrogens is 156 g/mol. The SMILES string of the molecule is CN1CCC2(CSCCN2)C1. The van der Waals surface area contributed by atoms with Gasteiger partial charge in [0.2, 0.25) is 0 Å². The fraction of sp³-hybridized carbons (Fsp3) is 1.00. The Morgan fingerprint density at radius 2 is 2.45 bits per heavy atom. The number of rotatable bonds is 0. The lowest BCUT2D eigenvalue weighted by Gasteiger charge is -2.34. The van der Waals surface area contributed by atoms with E-state index in [-0.39, 0.29) is 0 Å². The molecule has 2 saturated heterocycles. The average Bonchev–Trinajstić information content (AvgIpc) is 2.34. The van der Waals surface area contributed by atoms with Crippen molar-refractivity contribution in [1.29, 1.82) is 0 Å². The van der Waals surface area contributed by atoms with E-state index >= 15 is 0 Å². The molecule has 2 aliphatic rings. The molecule has 0 radical (unpaired) electrons. The van der Waals surface area contributed by atoms with Crippen molar-refractivity contribution < 1.29 is 0 Å². The van der Waals surface area contributed by atoms with Crippen LogP contribution in [0.4, 0.5) is 0 Å². The highest BCUT2D eigenvalue weighted by molar-refractivity contribution is 7.99. The van der Waals surface area contributed by atoms with Crippen LogP contribution < -0.4 is 5.32 Å². The predicted octanol–water partition coefficient (Wildman–Crippen LogP) is 0.397. The van der Waals surface area contributed by atoms with E-state index in [4.69, 9.17) is 0 Å². The smallest absolute Gasteiger partial charge is 0.0412 e. The minimum Gasteiger partial charge on any atom is -0.308 e. The van der Waals surface area contributed by atoms with E-state index in [2.05, 4.69) is 29.0 Å². The molecule has 11 heavy (non-hydrogen) atoms. The van der Waals surface area contributed by atoms with Gasteiger partial charge in [-0.25, -0.2) is 0 Å². The van der Waals surface area contributed by atoms with E-state index in [9.17, 15) is 0 Å². The van der Waals surface area contributed by atoms with Crippen molar-refractivity contribution in [2.45, 2.75) is 12.0 Å². The Kier molecular flexibility index (Phi) is 2.12. The Bertz CT molecular complexity index is 138. The monoisotopic (exact) mass is 172 g/mol. The number of hydrogen-bond acceptors (Lipinski definition) is 3. The van der Waals surface area contributed by atoms with Gasteiger partial charge in [0.05, 0.1) is 0 Å². The second-order valence-corrected chi connectivity index (χ2v) is 4.85. The van der Waals surface area contributed by atoms with Crippen LogP contribution in [0.15, 0.2) is 0 Å². The summed E-state index contributed by atoms with van der Waals surface area (Å²) in [5, 5.41) is 3.66. The summed E-state index contributed by atoms with van der Waals surface area (Å²) in [6.45, 7) is 3.73. The summed E-state index contributed by atoms with van der Waals surface area (Å²) in [7, 11) is 2.22. The van der Waals surface area contributed by atoms with Gasteiger partial charge in [-0.05, 0) is 20.0 Å². The molecule has 1 atom stereocenters. The first kappa shape index (κ1) is 7.90. The van der Waals surface area contributed by atoms with E-state index < -0.39 is 0 Å². The molecule has 1 unspecified atom stereocenters. The van der Waals surface area contributed by atoms with Crippen LogP contribution in [0.5, 0.6) is 0 Å². The zero-order valence-electron chi connectivity index (χ0n) is 7.10. The van der Waals surface area contributed by atoms with Gasteiger partial charge in [-0.1, -0.05) is 0 Å². The van der Waals surface area contributed by atoms with Crippen molar-refractivity contribution in [1.82, 2.24) is 10.2 Å². The maximum atomic E-state index is 3.66. The van der Waals surface area contributed by atoms with Gasteiger partial charge in [0, 0.05) is 30.1 Å². The number of hydrogen-bond donors (Lipinski definition) is 1. The fourth-order valence-corrected chi connectivity index (χ4v) is 3.17. The van der Waals surface area contributed by atoms with Crippen LogP contribution >= 0.6 is 11.8 Å². The third kappa shape index (κ3) is 1.55. The van der Waals surface area contributed by atoms with Crippen molar-refractivity contribution in [2.24, 2.45) is 0 Å². The fourth-order valence-electron chi connectivity index (χ4n) is 2.05. The lowest BCUT2D eigenvalue weighted by molar-refractivity contribution is 0.339. The topological polar surface area (TPSA) is 15.3 Å². The standard InChI is InChI=1S/C8H16N2S/c1-10-4-2-8(6-10)7-11-5-3-9-8/h9H,2-7H2,1H3. The lowest BCUT2D eigenvalue weighted by Crippen LogP contribution is -2.52. The molecule has 3 heteroatoms. The third-order valence-corrected chi connectivity index (χ3v) is 3.92. The molecule has 0 aliphatic carbocycles. The number of likely N-dealkylation sites (N-methyl/N-ethyl adjacent to an activating group) is 1. The summed E-state index contributed by atoms with van der Waals surface area (Å²) < 4.78 is 0. The zero-order valence-corrected chi connectivity index (χ0v) is 7.91. The minimum atomic E-state index is 0.484. The number of thioether (sulfide) groups is 1. The summed E-state index contributed by atoms with van der Waals surface area (Å²) >= 11 is 2.10. The first-order chi connectivity index (χ1) is 5.31. The van der Waals surface area contributed by atoms with Gasteiger partial charge >= 0.3 is 0 Å². The van der Waals surface area contributed by atoms with Gasteiger partial charge in [-0.2, -0.15) is 11.8 Å². The maximum absolute atomic E-state index is 3.66. The summed E-state index contributed by atoms with van der Waals surface area (Å²) in [5.74, 6) is 2.61. The quantitative estimate of drug-likeness (QED) is 0.569. The van der Waals surface area contributed by atoms with Crippen LogP contribution in [0.2, 0.25) is 0 Å². The van der Waals surface area contributed by atoms with Crippen molar-refractivity contribution >= 4 is 11.8 Å². The molecule has 0 aromatic heterocycles. The number of likely N-dealkylation sites (tertiary alicyclic amines) is 1. The second-order valence-electron chi connectivity index (χ2n) is 3.75. The largest absolute Gasteiger partial charge is 0.308 e. The van der Waals surface area contributed by atoms with Crippen molar-refractivity contribution in [3.63, 3.8) is 0 Å². The van der Waals surface area contributed by atoms with E-state index in [0.29, 0.717) is 5.54 Å². The Hall–Kier alpha value is 0.270. The second kappa shape index (κ2) is 2.96. The summed E-state index contributed by atoms with van der Waals surface area (Å²) in [5.41, 5.74) is 0.484. The molecule has 2 aliphatic heterocycles. The first-order valence-electron chi connectivity index (χ1n) is 4.32. The van der Waals surface area contributed by atoms with Crippen molar-refractivity contribution in [3.05, 3.63) is 0 Å². The van der Waals surface area contributed by atoms with E-state index in [0.717, 1.165) is 0 Å². The van der Waals surface area contributed by atoms with Crippen LogP contribution in [-0.2, 0) is 0 Å². The molecule has 64 valence electrons. The lowest BCUT2D eigenvalue weighted by atomic mass is 10.0. The van der Waals surface area contributed by atoms with E-state index in [1.807, 2.05) is 0 Å². The van der Waals surface area contributed by atoms with Gasteiger partial charge in [0.1, 0.15) is 0 Å². The highest BCUT2D eigenvalue weighted by Crippen LogP contribution is 2.27. The third-order valence-electron chi connectivity index (χ3n) is 2.67. The van der Waals surface area contributed by atoms with E-state index in [1.165, 1.54) is 37.6 Å². The molecule has 2 rings (SSSR count). The normalized spacial score (nSPS) is 40.1. The molecule has 2 nitrogen and oxygen atoms in total. The van der Waals surface area contributed by atoms with Gasteiger partial charge in [-0.15, -0.1) is 0 Å². The van der Waals surface area contributed by atoms with Gasteiger partial charge in [0.25, 0.3) is 0 Å².